The van der Waals surface area contributed by atoms with Crippen molar-refractivity contribution in [1.82, 2.24) is 14.9 Å². The van der Waals surface area contributed by atoms with Gasteiger partial charge in [-0.05, 0) is 36.6 Å². The number of hydrogen-bond donors (Lipinski definition) is 0. The number of anilines is 1. The summed E-state index contributed by atoms with van der Waals surface area (Å²) in [6, 6.07) is 9.67. The number of piperidine rings is 1. The van der Waals surface area contributed by atoms with Crippen molar-refractivity contribution in [2.75, 3.05) is 39.2 Å². The standard InChI is InChI=1S/C19H24N4O2.ClH/c1-22(2)17(24)19(15-6-4-7-16(14-15)25-3)8-12-23(13-9-19)18-20-10-5-11-21-18;/h4-7,10-11,14H,8-9,12-13H2,1-3H3;1H. The summed E-state index contributed by atoms with van der Waals surface area (Å²) in [4.78, 5) is 25.6. The summed E-state index contributed by atoms with van der Waals surface area (Å²) in [6.45, 7) is 1.47. The number of rotatable bonds is 4. The first-order valence-corrected chi connectivity index (χ1v) is 8.45. The third-order valence-corrected chi connectivity index (χ3v) is 4.89. The normalized spacial score (nSPS) is 15.7. The zero-order chi connectivity index (χ0) is 17.9. The van der Waals surface area contributed by atoms with Crippen molar-refractivity contribution in [3.8, 4) is 5.75 Å². The summed E-state index contributed by atoms with van der Waals surface area (Å²) in [7, 11) is 5.28. The van der Waals surface area contributed by atoms with Crippen LogP contribution in [0.25, 0.3) is 0 Å². The van der Waals surface area contributed by atoms with Crippen LogP contribution in [0.4, 0.5) is 5.95 Å². The lowest BCUT2D eigenvalue weighted by Gasteiger charge is -2.42. The lowest BCUT2D eigenvalue weighted by atomic mass is 9.71. The molecule has 1 aromatic heterocycles. The van der Waals surface area contributed by atoms with Crippen LogP contribution in [0.2, 0.25) is 0 Å². The molecule has 0 unspecified atom stereocenters. The Morgan fingerprint density at radius 1 is 1.15 bits per heavy atom. The molecule has 0 saturated carbocycles. The van der Waals surface area contributed by atoms with E-state index in [9.17, 15) is 4.79 Å². The van der Waals surface area contributed by atoms with Gasteiger partial charge in [0.05, 0.1) is 12.5 Å². The Labute approximate surface area is 160 Å². The Balaban J connectivity index is 0.00000243. The molecule has 2 heterocycles. The van der Waals surface area contributed by atoms with E-state index in [2.05, 4.69) is 14.9 Å². The van der Waals surface area contributed by atoms with Crippen LogP contribution in [0, 0.1) is 0 Å². The number of methoxy groups -OCH3 is 1. The van der Waals surface area contributed by atoms with Gasteiger partial charge in [-0.1, -0.05) is 12.1 Å². The minimum absolute atomic E-state index is 0. The van der Waals surface area contributed by atoms with Crippen molar-refractivity contribution in [2.45, 2.75) is 18.3 Å². The lowest BCUT2D eigenvalue weighted by molar-refractivity contribution is -0.135. The molecular weight excluding hydrogens is 352 g/mol. The number of likely N-dealkylation sites (N-methyl/N-ethyl adjacent to an activating group) is 1. The Morgan fingerprint density at radius 3 is 2.38 bits per heavy atom. The molecule has 26 heavy (non-hydrogen) atoms. The van der Waals surface area contributed by atoms with Crippen LogP contribution in [-0.2, 0) is 10.2 Å². The molecule has 0 N–H and O–H groups in total. The molecule has 1 aromatic carbocycles. The summed E-state index contributed by atoms with van der Waals surface area (Å²) < 4.78 is 5.37. The number of benzene rings is 1. The Kier molecular flexibility index (Phi) is 6.42. The molecule has 7 heteroatoms. The summed E-state index contributed by atoms with van der Waals surface area (Å²) in [6.07, 6.45) is 4.93. The maximum Gasteiger partial charge on any atom is 0.232 e. The van der Waals surface area contributed by atoms with Crippen LogP contribution in [0.3, 0.4) is 0 Å². The van der Waals surface area contributed by atoms with Gasteiger partial charge in [-0.15, -0.1) is 12.4 Å². The van der Waals surface area contributed by atoms with Crippen molar-refractivity contribution >= 4 is 24.3 Å². The van der Waals surface area contributed by atoms with Gasteiger partial charge in [0.15, 0.2) is 0 Å². The fourth-order valence-corrected chi connectivity index (χ4v) is 3.52. The van der Waals surface area contributed by atoms with Gasteiger partial charge in [0.1, 0.15) is 5.75 Å². The zero-order valence-electron chi connectivity index (χ0n) is 15.4. The van der Waals surface area contributed by atoms with Gasteiger partial charge in [0.2, 0.25) is 11.9 Å². The highest BCUT2D eigenvalue weighted by molar-refractivity contribution is 5.88. The molecule has 0 aliphatic carbocycles. The van der Waals surface area contributed by atoms with Gasteiger partial charge in [-0.2, -0.15) is 0 Å². The van der Waals surface area contributed by atoms with Gasteiger partial charge in [-0.25, -0.2) is 9.97 Å². The van der Waals surface area contributed by atoms with E-state index in [1.807, 2.05) is 44.4 Å². The average molecular weight is 377 g/mol. The smallest absolute Gasteiger partial charge is 0.232 e. The summed E-state index contributed by atoms with van der Waals surface area (Å²) >= 11 is 0. The fourth-order valence-electron chi connectivity index (χ4n) is 3.52. The van der Waals surface area contributed by atoms with E-state index < -0.39 is 5.41 Å². The summed E-state index contributed by atoms with van der Waals surface area (Å²) in [5.74, 6) is 1.63. The fraction of sp³-hybridized carbons (Fsp3) is 0.421. The summed E-state index contributed by atoms with van der Waals surface area (Å²) in [5.41, 5.74) is 0.475. The zero-order valence-corrected chi connectivity index (χ0v) is 16.2. The van der Waals surface area contributed by atoms with Gasteiger partial charge in [-0.3, -0.25) is 4.79 Å². The molecule has 6 nitrogen and oxygen atoms in total. The second kappa shape index (κ2) is 8.36. The molecule has 1 amide bonds. The highest BCUT2D eigenvalue weighted by Crippen LogP contribution is 2.39. The van der Waals surface area contributed by atoms with Gasteiger partial charge < -0.3 is 14.5 Å². The minimum Gasteiger partial charge on any atom is -0.497 e. The number of aromatic nitrogens is 2. The van der Waals surface area contributed by atoms with Gasteiger partial charge >= 0.3 is 0 Å². The molecule has 1 aliphatic heterocycles. The molecule has 0 bridgehead atoms. The van der Waals surface area contributed by atoms with Crippen molar-refractivity contribution in [1.29, 1.82) is 0 Å². The van der Waals surface area contributed by atoms with E-state index >= 15 is 0 Å². The van der Waals surface area contributed by atoms with Crippen molar-refractivity contribution in [3.05, 3.63) is 48.3 Å². The first-order valence-electron chi connectivity index (χ1n) is 8.45. The highest BCUT2D eigenvalue weighted by atomic mass is 35.5. The van der Waals surface area contributed by atoms with Crippen molar-refractivity contribution in [2.24, 2.45) is 0 Å². The number of hydrogen-bond acceptors (Lipinski definition) is 5. The molecule has 2 aromatic rings. The average Bonchev–Trinajstić information content (AvgIpc) is 2.68. The molecule has 3 rings (SSSR count). The number of nitrogens with zero attached hydrogens (tertiary/aromatic N) is 4. The number of amides is 1. The number of carbonyl (C=O) groups is 1. The largest absolute Gasteiger partial charge is 0.497 e. The van der Waals surface area contributed by atoms with Crippen LogP contribution in [0.5, 0.6) is 5.75 Å². The van der Waals surface area contributed by atoms with Crippen LogP contribution in [0.15, 0.2) is 42.7 Å². The second-order valence-corrected chi connectivity index (χ2v) is 6.55. The van der Waals surface area contributed by atoms with Crippen LogP contribution < -0.4 is 9.64 Å². The van der Waals surface area contributed by atoms with E-state index in [0.29, 0.717) is 0 Å². The van der Waals surface area contributed by atoms with Crippen LogP contribution in [-0.4, -0.2) is 55.1 Å². The molecule has 0 atom stereocenters. The monoisotopic (exact) mass is 376 g/mol. The Morgan fingerprint density at radius 2 is 1.81 bits per heavy atom. The molecular formula is C19H25ClN4O2. The van der Waals surface area contributed by atoms with E-state index in [-0.39, 0.29) is 18.3 Å². The Hall–Kier alpha value is -2.34. The number of ether oxygens (including phenoxy) is 1. The SMILES string of the molecule is COc1cccc(C2(C(=O)N(C)C)CCN(c3ncccn3)CC2)c1.Cl. The minimum atomic E-state index is -0.538. The molecule has 1 fully saturated rings. The maximum absolute atomic E-state index is 13.1. The highest BCUT2D eigenvalue weighted by Gasteiger charge is 2.44. The Bertz CT molecular complexity index is 731. The van der Waals surface area contributed by atoms with E-state index in [1.165, 1.54) is 0 Å². The molecule has 0 radical (unpaired) electrons. The lowest BCUT2D eigenvalue weighted by Crippen LogP contribution is -2.51. The van der Waals surface area contributed by atoms with Gasteiger partial charge in [0.25, 0.3) is 0 Å². The van der Waals surface area contributed by atoms with E-state index in [1.54, 1.807) is 24.4 Å². The maximum atomic E-state index is 13.1. The van der Waals surface area contributed by atoms with Crippen molar-refractivity contribution in [3.63, 3.8) is 0 Å². The predicted octanol–water partition coefficient (Wildman–Crippen LogP) is 2.53. The van der Waals surface area contributed by atoms with E-state index in [4.69, 9.17) is 4.74 Å². The summed E-state index contributed by atoms with van der Waals surface area (Å²) in [5, 5.41) is 0. The molecule has 1 aliphatic rings. The molecule has 0 spiro atoms. The molecule has 140 valence electrons. The van der Waals surface area contributed by atoms with Crippen LogP contribution >= 0.6 is 12.4 Å². The second-order valence-electron chi connectivity index (χ2n) is 6.55. The predicted molar refractivity (Wildman–Crippen MR) is 104 cm³/mol. The molecule has 1 saturated heterocycles. The third-order valence-electron chi connectivity index (χ3n) is 4.89. The topological polar surface area (TPSA) is 58.6 Å². The van der Waals surface area contributed by atoms with Gasteiger partial charge in [0, 0.05) is 39.6 Å². The quantitative estimate of drug-likeness (QED) is 0.820. The first kappa shape index (κ1) is 20.0. The first-order chi connectivity index (χ1) is 12.1. The number of halogens is 1. The van der Waals surface area contributed by atoms with Crippen molar-refractivity contribution < 1.29 is 9.53 Å². The third kappa shape index (κ3) is 3.75. The van der Waals surface area contributed by atoms with E-state index in [0.717, 1.165) is 43.2 Å². The van der Waals surface area contributed by atoms with Crippen LogP contribution in [0.1, 0.15) is 18.4 Å². The number of carbonyl (C=O) groups excluding carboxylic acids is 1.